The summed E-state index contributed by atoms with van der Waals surface area (Å²) in [7, 11) is 0. The molecule has 0 aliphatic heterocycles. The van der Waals surface area contributed by atoms with Crippen LogP contribution in [0.4, 0.5) is 0 Å². The Labute approximate surface area is 45.2 Å². The van der Waals surface area contributed by atoms with Crippen LogP contribution in [0.2, 0.25) is 0 Å². The Hall–Kier alpha value is -0.300. The highest BCUT2D eigenvalue weighted by molar-refractivity contribution is 4.82. The van der Waals surface area contributed by atoms with Crippen LogP contribution in [0.15, 0.2) is 12.2 Å². The highest BCUT2D eigenvalue weighted by atomic mass is 14.5. The van der Waals surface area contributed by atoms with E-state index in [1.54, 1.807) is 0 Å². The lowest BCUT2D eigenvalue weighted by Gasteiger charge is -1.95. The van der Waals surface area contributed by atoms with Gasteiger partial charge in [0.05, 0.1) is 0 Å². The summed E-state index contributed by atoms with van der Waals surface area (Å²) in [5, 5.41) is 0. The Morgan fingerprint density at radius 1 is 1.71 bits per heavy atom. The van der Waals surface area contributed by atoms with Gasteiger partial charge in [-0.25, -0.2) is 0 Å². The molecule has 0 aliphatic carbocycles. The molecule has 42 valence electrons. The van der Waals surface area contributed by atoms with Gasteiger partial charge in [0.25, 0.3) is 0 Å². The third-order valence-electron chi connectivity index (χ3n) is 0.893. The Kier molecular flexibility index (Phi) is 3.71. The lowest BCUT2D eigenvalue weighted by Crippen LogP contribution is -2.07. The number of hydrogen-bond acceptors (Lipinski definition) is 1. The first kappa shape index (κ1) is 6.70. The minimum Gasteiger partial charge on any atom is -0.330 e. The van der Waals surface area contributed by atoms with E-state index in [0.29, 0.717) is 5.92 Å². The van der Waals surface area contributed by atoms with Gasteiger partial charge in [0.2, 0.25) is 0 Å². The zero-order valence-corrected chi connectivity index (χ0v) is 5.02. The topological polar surface area (TPSA) is 26.0 Å². The first-order chi connectivity index (χ1) is 3.31. The van der Waals surface area contributed by atoms with Crippen LogP contribution < -0.4 is 5.73 Å². The summed E-state index contributed by atoms with van der Waals surface area (Å²) in [6.07, 6.45) is 4.12. The summed E-state index contributed by atoms with van der Waals surface area (Å²) in [6.45, 7) is 4.86. The number of hydrogen-bond donors (Lipinski definition) is 1. The highest BCUT2D eigenvalue weighted by Crippen LogP contribution is 1.90. The molecule has 0 saturated heterocycles. The van der Waals surface area contributed by atoms with E-state index in [9.17, 15) is 0 Å². The van der Waals surface area contributed by atoms with Crippen molar-refractivity contribution >= 4 is 0 Å². The maximum Gasteiger partial charge on any atom is -0.00168 e. The fourth-order valence-electron chi connectivity index (χ4n) is 0.407. The predicted octanol–water partition coefficient (Wildman–Crippen LogP) is 1.16. The van der Waals surface area contributed by atoms with Crippen LogP contribution in [0.5, 0.6) is 0 Å². The van der Waals surface area contributed by atoms with E-state index < -0.39 is 0 Å². The minimum absolute atomic E-state index is 0.546. The van der Waals surface area contributed by atoms with Crippen molar-refractivity contribution in [3.63, 3.8) is 0 Å². The standard InChI is InChI=1S/C6H13N/c1-3-4-6(2)5-7/h3-4,6H,5,7H2,1-2H3/b4-3-. The van der Waals surface area contributed by atoms with Crippen molar-refractivity contribution < 1.29 is 0 Å². The van der Waals surface area contributed by atoms with E-state index in [0.717, 1.165) is 6.54 Å². The van der Waals surface area contributed by atoms with Gasteiger partial charge >= 0.3 is 0 Å². The maximum absolute atomic E-state index is 5.31. The summed E-state index contributed by atoms with van der Waals surface area (Å²) in [4.78, 5) is 0. The average Bonchev–Trinajstić information content (AvgIpc) is 1.68. The van der Waals surface area contributed by atoms with Crippen LogP contribution in [0, 0.1) is 5.92 Å². The summed E-state index contributed by atoms with van der Waals surface area (Å²) in [6, 6.07) is 0. The zero-order chi connectivity index (χ0) is 5.70. The van der Waals surface area contributed by atoms with Crippen LogP contribution in [0.3, 0.4) is 0 Å². The zero-order valence-electron chi connectivity index (χ0n) is 5.02. The molecule has 2 N–H and O–H groups in total. The number of allylic oxidation sites excluding steroid dienone is 1. The molecule has 0 spiro atoms. The minimum atomic E-state index is 0.546. The van der Waals surface area contributed by atoms with E-state index in [1.165, 1.54) is 0 Å². The van der Waals surface area contributed by atoms with Crippen molar-refractivity contribution in [1.29, 1.82) is 0 Å². The largest absolute Gasteiger partial charge is 0.330 e. The molecule has 0 aliphatic rings. The van der Waals surface area contributed by atoms with Gasteiger partial charge in [-0.2, -0.15) is 0 Å². The first-order valence-electron chi connectivity index (χ1n) is 2.64. The third kappa shape index (κ3) is 3.53. The molecule has 0 fully saturated rings. The molecule has 1 atom stereocenters. The molecule has 1 nitrogen and oxygen atoms in total. The van der Waals surface area contributed by atoms with E-state index >= 15 is 0 Å². The fourth-order valence-corrected chi connectivity index (χ4v) is 0.407. The van der Waals surface area contributed by atoms with Crippen LogP contribution in [-0.2, 0) is 0 Å². The van der Waals surface area contributed by atoms with Crippen molar-refractivity contribution in [1.82, 2.24) is 0 Å². The average molecular weight is 99.2 g/mol. The van der Waals surface area contributed by atoms with Crippen molar-refractivity contribution in [3.05, 3.63) is 12.2 Å². The van der Waals surface area contributed by atoms with Gasteiger partial charge in [0.1, 0.15) is 0 Å². The first-order valence-corrected chi connectivity index (χ1v) is 2.64. The van der Waals surface area contributed by atoms with Gasteiger partial charge in [-0.05, 0) is 19.4 Å². The van der Waals surface area contributed by atoms with Gasteiger partial charge in [0, 0.05) is 0 Å². The highest BCUT2D eigenvalue weighted by Gasteiger charge is 1.86. The molecule has 0 bridgehead atoms. The molecule has 0 heterocycles. The van der Waals surface area contributed by atoms with E-state index in [4.69, 9.17) is 5.73 Å². The lowest BCUT2D eigenvalue weighted by molar-refractivity contribution is 0.739. The van der Waals surface area contributed by atoms with Gasteiger partial charge in [0.15, 0.2) is 0 Å². The second-order valence-electron chi connectivity index (χ2n) is 1.74. The fraction of sp³-hybridized carbons (Fsp3) is 0.667. The monoisotopic (exact) mass is 99.1 g/mol. The molecule has 1 unspecified atom stereocenters. The van der Waals surface area contributed by atoms with E-state index in [-0.39, 0.29) is 0 Å². The van der Waals surface area contributed by atoms with Gasteiger partial charge < -0.3 is 5.73 Å². The molecular weight excluding hydrogens is 86.1 g/mol. The molecule has 0 aromatic rings. The molecule has 1 heteroatoms. The molecule has 0 saturated carbocycles. The van der Waals surface area contributed by atoms with Crippen molar-refractivity contribution in [2.24, 2.45) is 11.7 Å². The molecule has 0 radical (unpaired) electrons. The Morgan fingerprint density at radius 2 is 2.29 bits per heavy atom. The van der Waals surface area contributed by atoms with Crippen molar-refractivity contribution in [3.8, 4) is 0 Å². The third-order valence-corrected chi connectivity index (χ3v) is 0.893. The normalized spacial score (nSPS) is 15.3. The molecule has 0 aromatic heterocycles. The maximum atomic E-state index is 5.31. The SMILES string of the molecule is C/C=C\C(C)CN. The van der Waals surface area contributed by atoms with Crippen LogP contribution in [0.25, 0.3) is 0 Å². The smallest absolute Gasteiger partial charge is 0.00168 e. The van der Waals surface area contributed by atoms with E-state index in [2.05, 4.69) is 13.0 Å². The van der Waals surface area contributed by atoms with Crippen LogP contribution in [-0.4, -0.2) is 6.54 Å². The van der Waals surface area contributed by atoms with Crippen LogP contribution in [0.1, 0.15) is 13.8 Å². The number of nitrogens with two attached hydrogens (primary N) is 1. The molecular formula is C6H13N. The Morgan fingerprint density at radius 3 is 2.43 bits per heavy atom. The Bertz CT molecular complexity index is 57.2. The molecule has 0 aromatic carbocycles. The van der Waals surface area contributed by atoms with Crippen molar-refractivity contribution in [2.45, 2.75) is 13.8 Å². The van der Waals surface area contributed by atoms with E-state index in [1.807, 2.05) is 13.0 Å². The number of rotatable bonds is 2. The second-order valence-corrected chi connectivity index (χ2v) is 1.74. The molecule has 0 rings (SSSR count). The summed E-state index contributed by atoms with van der Waals surface area (Å²) in [5.41, 5.74) is 5.31. The van der Waals surface area contributed by atoms with Gasteiger partial charge in [-0.1, -0.05) is 19.1 Å². The van der Waals surface area contributed by atoms with Gasteiger partial charge in [-0.3, -0.25) is 0 Å². The molecule has 7 heavy (non-hydrogen) atoms. The van der Waals surface area contributed by atoms with Crippen LogP contribution >= 0.6 is 0 Å². The second kappa shape index (κ2) is 3.88. The van der Waals surface area contributed by atoms with Crippen molar-refractivity contribution in [2.75, 3.05) is 6.54 Å². The van der Waals surface area contributed by atoms with Gasteiger partial charge in [-0.15, -0.1) is 0 Å². The summed E-state index contributed by atoms with van der Waals surface area (Å²) >= 11 is 0. The summed E-state index contributed by atoms with van der Waals surface area (Å²) < 4.78 is 0. The summed E-state index contributed by atoms with van der Waals surface area (Å²) in [5.74, 6) is 0.546. The molecule has 0 amide bonds. The quantitative estimate of drug-likeness (QED) is 0.516. The lowest BCUT2D eigenvalue weighted by atomic mass is 10.2. The Balaban J connectivity index is 3.16. The predicted molar refractivity (Wildman–Crippen MR) is 33.0 cm³/mol.